The Balaban J connectivity index is 1.40. The number of aromatic nitrogens is 4. The number of sulfonamides is 1. The number of hydrogen-bond acceptors (Lipinski definition) is 8. The largest absolute Gasteiger partial charge is 0.380 e. The third-order valence-corrected chi connectivity index (χ3v) is 7.67. The highest BCUT2D eigenvalue weighted by molar-refractivity contribution is 7.89. The van der Waals surface area contributed by atoms with Gasteiger partial charge in [-0.3, -0.25) is 0 Å². The summed E-state index contributed by atoms with van der Waals surface area (Å²) in [7, 11) is -3.81. The van der Waals surface area contributed by atoms with Gasteiger partial charge in [-0.15, -0.1) is 0 Å². The van der Waals surface area contributed by atoms with Gasteiger partial charge in [-0.1, -0.05) is 19.4 Å². The van der Waals surface area contributed by atoms with Crippen LogP contribution in [0.25, 0.3) is 22.1 Å². The topological polar surface area (TPSA) is 150 Å². The zero-order valence-corrected chi connectivity index (χ0v) is 18.1. The molecule has 3 aromatic heterocycles. The minimum Gasteiger partial charge on any atom is -0.380 e. The smallest absolute Gasteiger partial charge is 0.243 e. The molecule has 3 heterocycles. The normalized spacial score (nSPS) is 21.2. The summed E-state index contributed by atoms with van der Waals surface area (Å²) in [6.45, 7) is 2.08. The Morgan fingerprint density at radius 1 is 1.28 bits per heavy atom. The van der Waals surface area contributed by atoms with Crippen LogP contribution in [0.2, 0.25) is 0 Å². The van der Waals surface area contributed by atoms with E-state index in [-0.39, 0.29) is 28.4 Å². The summed E-state index contributed by atoms with van der Waals surface area (Å²) in [6.07, 6.45) is 5.48. The Kier molecular flexibility index (Phi) is 5.03. The molecule has 1 aliphatic rings. The van der Waals surface area contributed by atoms with E-state index in [1.807, 2.05) is 6.07 Å². The molecule has 0 amide bonds. The molecule has 0 aliphatic heterocycles. The third-order valence-electron chi connectivity index (χ3n) is 6.12. The fourth-order valence-corrected chi connectivity index (χ4v) is 5.98. The number of hydrogen-bond donors (Lipinski definition) is 3. The Labute approximate surface area is 184 Å². The zero-order chi connectivity index (χ0) is 22.3. The van der Waals surface area contributed by atoms with Crippen molar-refractivity contribution in [1.29, 1.82) is 5.26 Å². The van der Waals surface area contributed by atoms with E-state index < -0.39 is 10.0 Å². The van der Waals surface area contributed by atoms with Gasteiger partial charge in [0.25, 0.3) is 0 Å². The second-order valence-electron chi connectivity index (χ2n) is 8.00. The molecule has 32 heavy (non-hydrogen) atoms. The van der Waals surface area contributed by atoms with Gasteiger partial charge < -0.3 is 10.3 Å². The second kappa shape index (κ2) is 7.89. The van der Waals surface area contributed by atoms with E-state index in [9.17, 15) is 13.7 Å². The Morgan fingerprint density at radius 3 is 2.97 bits per heavy atom. The maximum atomic E-state index is 13.1. The maximum Gasteiger partial charge on any atom is 0.243 e. The SMILES string of the molecule is CC[C@@H]1CC(NS(=O)(=O)c2cccc3nonc23)C[C@@H]1Nc1c(C#N)cnc2[nH]ccc12. The molecule has 0 radical (unpaired) electrons. The Bertz CT molecular complexity index is 1440. The summed E-state index contributed by atoms with van der Waals surface area (Å²) < 4.78 is 33.7. The number of fused-ring (bicyclic) bond motifs is 2. The highest BCUT2D eigenvalue weighted by Gasteiger charge is 2.36. The van der Waals surface area contributed by atoms with Crippen molar-refractivity contribution in [3.05, 3.63) is 42.2 Å². The van der Waals surface area contributed by atoms with Gasteiger partial charge in [-0.25, -0.2) is 22.8 Å². The van der Waals surface area contributed by atoms with E-state index in [0.29, 0.717) is 29.6 Å². The molecule has 1 unspecified atom stereocenters. The summed E-state index contributed by atoms with van der Waals surface area (Å²) in [5.74, 6) is 0.237. The minimum atomic E-state index is -3.81. The van der Waals surface area contributed by atoms with Crippen molar-refractivity contribution < 1.29 is 13.0 Å². The highest BCUT2D eigenvalue weighted by Crippen LogP contribution is 2.35. The molecule has 1 aromatic carbocycles. The number of H-pyrrole nitrogens is 1. The summed E-state index contributed by atoms with van der Waals surface area (Å²) in [5.41, 5.74) is 2.49. The van der Waals surface area contributed by atoms with E-state index in [1.54, 1.807) is 24.5 Å². The van der Waals surface area contributed by atoms with Crippen LogP contribution < -0.4 is 10.0 Å². The van der Waals surface area contributed by atoms with Crippen LogP contribution in [-0.2, 0) is 10.0 Å². The van der Waals surface area contributed by atoms with Gasteiger partial charge in [-0.2, -0.15) is 5.26 Å². The molecule has 0 saturated heterocycles. The second-order valence-corrected chi connectivity index (χ2v) is 9.68. The zero-order valence-electron chi connectivity index (χ0n) is 17.2. The molecule has 1 saturated carbocycles. The minimum absolute atomic E-state index is 0.00445. The number of aromatic amines is 1. The molecule has 0 bridgehead atoms. The Hall–Kier alpha value is -3.49. The fourth-order valence-electron chi connectivity index (χ4n) is 4.56. The highest BCUT2D eigenvalue weighted by atomic mass is 32.2. The van der Waals surface area contributed by atoms with Gasteiger partial charge in [0.1, 0.15) is 22.1 Å². The van der Waals surface area contributed by atoms with Gasteiger partial charge in [0.05, 0.1) is 11.3 Å². The number of nitrogens with zero attached hydrogens (tertiary/aromatic N) is 4. The van der Waals surface area contributed by atoms with E-state index in [0.717, 1.165) is 17.5 Å². The number of benzene rings is 1. The summed E-state index contributed by atoms with van der Waals surface area (Å²) in [6, 6.07) is 8.59. The van der Waals surface area contributed by atoms with Gasteiger partial charge in [0.15, 0.2) is 5.52 Å². The van der Waals surface area contributed by atoms with Crippen molar-refractivity contribution >= 4 is 37.8 Å². The molecule has 164 valence electrons. The van der Waals surface area contributed by atoms with E-state index in [2.05, 4.69) is 43.3 Å². The standard InChI is InChI=1S/C21H21N7O3S/c1-2-12-8-14(28-32(29,30)18-5-3-4-16-20(18)27-31-26-16)9-17(12)25-19-13(10-22)11-24-21-15(19)6-7-23-21/h3-7,11-12,14,17,28H,2,8-9H2,1H3,(H2,23,24,25)/t12-,14?,17+/m1/s1. The lowest BCUT2D eigenvalue weighted by Gasteiger charge is -2.21. The Morgan fingerprint density at radius 2 is 2.16 bits per heavy atom. The lowest BCUT2D eigenvalue weighted by Crippen LogP contribution is -2.34. The molecule has 3 N–H and O–H groups in total. The number of anilines is 1. The number of rotatable bonds is 6. The van der Waals surface area contributed by atoms with Crippen molar-refractivity contribution in [2.75, 3.05) is 5.32 Å². The van der Waals surface area contributed by atoms with Gasteiger partial charge >= 0.3 is 0 Å². The average molecular weight is 452 g/mol. The van der Waals surface area contributed by atoms with Crippen molar-refractivity contribution in [2.45, 2.75) is 43.2 Å². The lowest BCUT2D eigenvalue weighted by atomic mass is 10.00. The van der Waals surface area contributed by atoms with Crippen LogP contribution >= 0.6 is 0 Å². The summed E-state index contributed by atoms with van der Waals surface area (Å²) >= 11 is 0. The first-order valence-corrected chi connectivity index (χ1v) is 11.8. The van der Waals surface area contributed by atoms with Gasteiger partial charge in [0.2, 0.25) is 10.0 Å². The van der Waals surface area contributed by atoms with Crippen molar-refractivity contribution in [2.24, 2.45) is 5.92 Å². The van der Waals surface area contributed by atoms with Crippen LogP contribution in [0.4, 0.5) is 5.69 Å². The summed E-state index contributed by atoms with van der Waals surface area (Å²) in [5, 5.41) is 21.4. The third kappa shape index (κ3) is 3.47. The predicted octanol–water partition coefficient (Wildman–Crippen LogP) is 2.92. The first kappa shape index (κ1) is 20.4. The van der Waals surface area contributed by atoms with E-state index >= 15 is 0 Å². The number of nitrogens with one attached hydrogen (secondary N) is 3. The van der Waals surface area contributed by atoms with Crippen LogP contribution in [-0.4, -0.2) is 40.8 Å². The van der Waals surface area contributed by atoms with Crippen molar-refractivity contribution in [3.8, 4) is 6.07 Å². The van der Waals surface area contributed by atoms with Crippen LogP contribution in [0.5, 0.6) is 0 Å². The van der Waals surface area contributed by atoms with Crippen LogP contribution in [0.15, 0.2) is 46.2 Å². The molecule has 10 nitrogen and oxygen atoms in total. The van der Waals surface area contributed by atoms with Crippen molar-refractivity contribution in [3.63, 3.8) is 0 Å². The van der Waals surface area contributed by atoms with Crippen LogP contribution in [0.3, 0.4) is 0 Å². The monoisotopic (exact) mass is 451 g/mol. The fraction of sp³-hybridized carbons (Fsp3) is 0.333. The lowest BCUT2D eigenvalue weighted by molar-refractivity contribution is 0.315. The molecule has 1 fully saturated rings. The van der Waals surface area contributed by atoms with Crippen LogP contribution in [0.1, 0.15) is 31.7 Å². The molecular formula is C21H21N7O3S. The first-order chi connectivity index (χ1) is 15.5. The number of nitriles is 1. The summed E-state index contributed by atoms with van der Waals surface area (Å²) in [4.78, 5) is 7.39. The van der Waals surface area contributed by atoms with E-state index in [1.165, 1.54) is 6.07 Å². The van der Waals surface area contributed by atoms with Crippen molar-refractivity contribution in [1.82, 2.24) is 25.0 Å². The van der Waals surface area contributed by atoms with Crippen LogP contribution in [0, 0.1) is 17.2 Å². The molecule has 4 aromatic rings. The molecule has 0 spiro atoms. The van der Waals surface area contributed by atoms with Gasteiger partial charge in [0, 0.05) is 29.9 Å². The average Bonchev–Trinajstić information content (AvgIpc) is 3.52. The molecule has 11 heteroatoms. The van der Waals surface area contributed by atoms with Gasteiger partial charge in [-0.05, 0) is 47.3 Å². The molecule has 3 atom stereocenters. The quantitative estimate of drug-likeness (QED) is 0.405. The molecule has 5 rings (SSSR count). The number of pyridine rings is 1. The molecule has 1 aliphatic carbocycles. The predicted molar refractivity (Wildman–Crippen MR) is 117 cm³/mol. The first-order valence-electron chi connectivity index (χ1n) is 10.4. The maximum absolute atomic E-state index is 13.1. The molecular weight excluding hydrogens is 430 g/mol. The van der Waals surface area contributed by atoms with E-state index in [4.69, 9.17) is 4.63 Å².